The van der Waals surface area contributed by atoms with Crippen molar-refractivity contribution in [3.63, 3.8) is 0 Å². The Morgan fingerprint density at radius 3 is 3.00 bits per heavy atom. The molecule has 1 aromatic rings. The topological polar surface area (TPSA) is 71.3 Å². The van der Waals surface area contributed by atoms with Crippen LogP contribution in [-0.2, 0) is 11.3 Å². The normalized spacial score (nSPS) is 21.6. The average molecular weight is 235 g/mol. The highest BCUT2D eigenvalue weighted by molar-refractivity contribution is 6.06. The lowest BCUT2D eigenvalue weighted by Gasteiger charge is -2.03. The zero-order valence-corrected chi connectivity index (χ0v) is 10.1. The van der Waals surface area contributed by atoms with Crippen molar-refractivity contribution >= 4 is 11.9 Å². The highest BCUT2D eigenvalue weighted by Gasteiger charge is 2.30. The number of nitrogens with one attached hydrogen (secondary N) is 2. The monoisotopic (exact) mass is 235 g/mol. The summed E-state index contributed by atoms with van der Waals surface area (Å²) in [5.74, 6) is 0.488. The number of carbonyl (C=O) groups is 1. The Hall–Kier alpha value is -1.85. The number of hydrogen-bond acceptors (Lipinski definition) is 3. The van der Waals surface area contributed by atoms with Crippen LogP contribution in [0.15, 0.2) is 17.4 Å². The van der Waals surface area contributed by atoms with E-state index in [1.54, 1.807) is 10.9 Å². The first-order chi connectivity index (χ1) is 8.24. The molecule has 2 N–H and O–H groups in total. The molecule has 0 spiro atoms. The molecule has 2 rings (SSSR count). The summed E-state index contributed by atoms with van der Waals surface area (Å²) in [6, 6.07) is -0.370. The maximum atomic E-state index is 11.8. The molecule has 1 unspecified atom stereocenters. The van der Waals surface area contributed by atoms with Crippen molar-refractivity contribution < 1.29 is 4.79 Å². The molecule has 0 aromatic carbocycles. The molecule has 1 atom stereocenters. The number of guanidine groups is 1. The van der Waals surface area contributed by atoms with Crippen LogP contribution in [0.3, 0.4) is 0 Å². The SMILES string of the molecule is CCCN=C1NC(=O)C(c2cnn(CC)c2)N1. The van der Waals surface area contributed by atoms with E-state index < -0.39 is 0 Å². The fourth-order valence-corrected chi connectivity index (χ4v) is 1.67. The van der Waals surface area contributed by atoms with Gasteiger partial charge >= 0.3 is 0 Å². The Morgan fingerprint density at radius 1 is 1.53 bits per heavy atom. The van der Waals surface area contributed by atoms with Gasteiger partial charge in [-0.15, -0.1) is 0 Å². The first-order valence-corrected chi connectivity index (χ1v) is 5.88. The van der Waals surface area contributed by atoms with E-state index in [9.17, 15) is 4.79 Å². The van der Waals surface area contributed by atoms with E-state index in [-0.39, 0.29) is 11.9 Å². The van der Waals surface area contributed by atoms with Gasteiger partial charge in [0.1, 0.15) is 6.04 Å². The lowest BCUT2D eigenvalue weighted by Crippen LogP contribution is -2.25. The van der Waals surface area contributed by atoms with Crippen molar-refractivity contribution in [3.8, 4) is 0 Å². The van der Waals surface area contributed by atoms with E-state index in [1.807, 2.05) is 20.0 Å². The fourth-order valence-electron chi connectivity index (χ4n) is 1.67. The molecule has 6 heteroatoms. The molecule has 6 nitrogen and oxygen atoms in total. The molecule has 0 aliphatic carbocycles. The van der Waals surface area contributed by atoms with Gasteiger partial charge in [-0.2, -0.15) is 5.10 Å². The van der Waals surface area contributed by atoms with Gasteiger partial charge in [0.25, 0.3) is 5.91 Å². The molecule has 1 saturated heterocycles. The molecular weight excluding hydrogens is 218 g/mol. The number of carbonyl (C=O) groups excluding carboxylic acids is 1. The van der Waals surface area contributed by atoms with Gasteiger partial charge in [0.2, 0.25) is 0 Å². The van der Waals surface area contributed by atoms with Crippen LogP contribution < -0.4 is 10.6 Å². The molecule has 17 heavy (non-hydrogen) atoms. The lowest BCUT2D eigenvalue weighted by molar-refractivity contribution is -0.120. The fraction of sp³-hybridized carbons (Fsp3) is 0.545. The zero-order chi connectivity index (χ0) is 12.3. The van der Waals surface area contributed by atoms with Crippen molar-refractivity contribution in [1.29, 1.82) is 0 Å². The second kappa shape index (κ2) is 4.99. The third kappa shape index (κ3) is 2.46. The van der Waals surface area contributed by atoms with E-state index in [0.29, 0.717) is 12.5 Å². The number of amides is 1. The van der Waals surface area contributed by atoms with Gasteiger partial charge in [0.05, 0.1) is 6.20 Å². The Bertz CT molecular complexity index is 437. The van der Waals surface area contributed by atoms with Crippen LogP contribution in [-0.4, -0.2) is 28.2 Å². The van der Waals surface area contributed by atoms with Crippen LogP contribution in [0.5, 0.6) is 0 Å². The average Bonchev–Trinajstić information content (AvgIpc) is 2.92. The minimum absolute atomic E-state index is 0.0736. The van der Waals surface area contributed by atoms with Gasteiger partial charge in [-0.25, -0.2) is 0 Å². The molecule has 2 heterocycles. The predicted molar refractivity (Wildman–Crippen MR) is 64.5 cm³/mol. The van der Waals surface area contributed by atoms with E-state index in [0.717, 1.165) is 18.5 Å². The Labute approximate surface area is 100 Å². The summed E-state index contributed by atoms with van der Waals surface area (Å²) in [4.78, 5) is 16.0. The molecule has 1 aliphatic heterocycles. The highest BCUT2D eigenvalue weighted by atomic mass is 16.2. The minimum atomic E-state index is -0.370. The zero-order valence-electron chi connectivity index (χ0n) is 10.1. The quantitative estimate of drug-likeness (QED) is 0.795. The summed E-state index contributed by atoms with van der Waals surface area (Å²) in [5, 5.41) is 9.95. The summed E-state index contributed by atoms with van der Waals surface area (Å²) >= 11 is 0. The number of aliphatic imine (C=N–C) groups is 1. The van der Waals surface area contributed by atoms with E-state index in [4.69, 9.17) is 0 Å². The number of hydrogen-bond donors (Lipinski definition) is 2. The summed E-state index contributed by atoms with van der Waals surface area (Å²) < 4.78 is 1.80. The van der Waals surface area contributed by atoms with Gasteiger partial charge in [-0.3, -0.25) is 19.8 Å². The van der Waals surface area contributed by atoms with E-state index in [2.05, 4.69) is 20.7 Å². The minimum Gasteiger partial charge on any atom is -0.340 e. The number of nitrogens with zero attached hydrogens (tertiary/aromatic N) is 3. The molecule has 1 aliphatic rings. The number of aryl methyl sites for hydroxylation is 1. The third-order valence-electron chi connectivity index (χ3n) is 2.59. The summed E-state index contributed by atoms with van der Waals surface area (Å²) in [6.07, 6.45) is 4.54. The van der Waals surface area contributed by atoms with E-state index >= 15 is 0 Å². The van der Waals surface area contributed by atoms with Crippen LogP contribution in [0, 0.1) is 0 Å². The lowest BCUT2D eigenvalue weighted by atomic mass is 10.2. The van der Waals surface area contributed by atoms with Crippen LogP contribution in [0.1, 0.15) is 31.9 Å². The number of rotatable bonds is 4. The smallest absolute Gasteiger partial charge is 0.254 e. The van der Waals surface area contributed by atoms with Crippen LogP contribution in [0.4, 0.5) is 0 Å². The first kappa shape index (κ1) is 11.6. The third-order valence-corrected chi connectivity index (χ3v) is 2.59. The largest absolute Gasteiger partial charge is 0.340 e. The molecule has 0 radical (unpaired) electrons. The van der Waals surface area contributed by atoms with Gasteiger partial charge < -0.3 is 5.32 Å². The molecule has 0 bridgehead atoms. The van der Waals surface area contributed by atoms with Crippen LogP contribution in [0.2, 0.25) is 0 Å². The standard InChI is InChI=1S/C11H17N5O/c1-3-5-12-11-14-9(10(17)15-11)8-6-13-16(4-2)7-8/h6-7,9H,3-5H2,1-2H3,(H2,12,14,15,17). The molecule has 1 amide bonds. The van der Waals surface area contributed by atoms with Gasteiger partial charge in [-0.05, 0) is 13.3 Å². The molecule has 0 saturated carbocycles. The van der Waals surface area contributed by atoms with Crippen molar-refractivity contribution in [2.24, 2.45) is 4.99 Å². The highest BCUT2D eigenvalue weighted by Crippen LogP contribution is 2.15. The first-order valence-electron chi connectivity index (χ1n) is 5.88. The molecule has 92 valence electrons. The maximum absolute atomic E-state index is 11.8. The number of aromatic nitrogens is 2. The van der Waals surface area contributed by atoms with Gasteiger partial charge in [0.15, 0.2) is 5.96 Å². The molecular formula is C11H17N5O. The molecule has 1 aromatic heterocycles. The summed E-state index contributed by atoms with van der Waals surface area (Å²) in [7, 11) is 0. The van der Waals surface area contributed by atoms with Gasteiger partial charge in [0, 0.05) is 24.8 Å². The second-order valence-electron chi connectivity index (χ2n) is 3.93. The van der Waals surface area contributed by atoms with Crippen LogP contribution >= 0.6 is 0 Å². The Balaban J connectivity index is 2.10. The second-order valence-corrected chi connectivity index (χ2v) is 3.93. The van der Waals surface area contributed by atoms with Crippen molar-refractivity contribution in [1.82, 2.24) is 20.4 Å². The summed E-state index contributed by atoms with van der Waals surface area (Å²) in [5.41, 5.74) is 0.867. The Kier molecular flexibility index (Phi) is 3.41. The van der Waals surface area contributed by atoms with Crippen molar-refractivity contribution in [2.45, 2.75) is 32.9 Å². The van der Waals surface area contributed by atoms with Crippen molar-refractivity contribution in [3.05, 3.63) is 18.0 Å². The van der Waals surface area contributed by atoms with E-state index in [1.165, 1.54) is 0 Å². The van der Waals surface area contributed by atoms with Crippen molar-refractivity contribution in [2.75, 3.05) is 6.54 Å². The Morgan fingerprint density at radius 2 is 2.35 bits per heavy atom. The predicted octanol–water partition coefficient (Wildman–Crippen LogP) is 0.429. The summed E-state index contributed by atoms with van der Waals surface area (Å²) in [6.45, 7) is 5.56. The maximum Gasteiger partial charge on any atom is 0.254 e. The molecule has 1 fully saturated rings. The van der Waals surface area contributed by atoms with Gasteiger partial charge in [-0.1, -0.05) is 6.92 Å². The van der Waals surface area contributed by atoms with Crippen LogP contribution in [0.25, 0.3) is 0 Å².